The molecule has 4 aromatic carbocycles. The molecule has 0 amide bonds. The third kappa shape index (κ3) is 3.23. The van der Waals surface area contributed by atoms with Gasteiger partial charge in [0.25, 0.3) is 0 Å². The quantitative estimate of drug-likeness (QED) is 0.210. The summed E-state index contributed by atoms with van der Waals surface area (Å²) in [5, 5.41) is 2.30. The molecule has 160 valence electrons. The van der Waals surface area contributed by atoms with Crippen LogP contribution in [0.5, 0.6) is 5.75 Å². The van der Waals surface area contributed by atoms with Crippen molar-refractivity contribution in [2.45, 2.75) is 30.1 Å². The predicted molar refractivity (Wildman–Crippen MR) is 134 cm³/mol. The zero-order valence-corrected chi connectivity index (χ0v) is 18.9. The summed E-state index contributed by atoms with van der Waals surface area (Å²) in [5.74, 6) is 2.71. The van der Waals surface area contributed by atoms with Crippen LogP contribution in [0.2, 0.25) is 0 Å². The minimum absolute atomic E-state index is 0.118. The highest BCUT2D eigenvalue weighted by Crippen LogP contribution is 2.48. The van der Waals surface area contributed by atoms with Crippen LogP contribution in [0.4, 0.5) is 0 Å². The van der Waals surface area contributed by atoms with Crippen molar-refractivity contribution in [1.82, 2.24) is 0 Å². The number of benzene rings is 4. The summed E-state index contributed by atoms with van der Waals surface area (Å²) < 4.78 is 6.14. The molecule has 4 aromatic rings. The number of rotatable bonds is 3. The molecule has 1 aliphatic carbocycles. The summed E-state index contributed by atoms with van der Waals surface area (Å²) in [7, 11) is -0.118. The Labute approximate surface area is 191 Å². The zero-order chi connectivity index (χ0) is 21.5. The van der Waals surface area contributed by atoms with E-state index in [0.29, 0.717) is 5.75 Å². The van der Waals surface area contributed by atoms with Crippen molar-refractivity contribution < 1.29 is 9.53 Å². The van der Waals surface area contributed by atoms with Crippen molar-refractivity contribution in [2.75, 3.05) is 11.5 Å². The van der Waals surface area contributed by atoms with Gasteiger partial charge in [-0.15, -0.1) is 0 Å². The number of ether oxygens (including phenoxy) is 1. The average molecular weight is 439 g/mol. The molecule has 1 saturated heterocycles. The Balaban J connectivity index is 1.38. The number of hydrogen-bond acceptors (Lipinski definition) is 2. The zero-order valence-electron chi connectivity index (χ0n) is 18.0. The molecular weight excluding hydrogens is 412 g/mol. The van der Waals surface area contributed by atoms with Crippen molar-refractivity contribution in [3.05, 3.63) is 96.1 Å². The maximum atomic E-state index is 13.6. The molecule has 1 fully saturated rings. The summed E-state index contributed by atoms with van der Waals surface area (Å²) >= 11 is 0. The highest BCUT2D eigenvalue weighted by Gasteiger charge is 2.35. The fourth-order valence-electron chi connectivity index (χ4n) is 5.33. The Morgan fingerprint density at radius 1 is 0.688 bits per heavy atom. The SMILES string of the molecule is O=C(Oc1ccc([SH]2CCCCC2)c2ccccc12)C1c2ccccc2-c2ccccc21. The minimum atomic E-state index is -0.386. The molecule has 0 atom stereocenters. The van der Waals surface area contributed by atoms with Gasteiger partial charge in [0.1, 0.15) is 11.7 Å². The normalized spacial score (nSPS) is 16.6. The van der Waals surface area contributed by atoms with Crippen molar-refractivity contribution in [1.29, 1.82) is 0 Å². The summed E-state index contributed by atoms with van der Waals surface area (Å²) in [6, 6.07) is 29.0. The molecule has 0 N–H and O–H groups in total. The summed E-state index contributed by atoms with van der Waals surface area (Å²) in [6.07, 6.45) is 4.02. The van der Waals surface area contributed by atoms with E-state index in [0.717, 1.165) is 27.6 Å². The Bertz CT molecular complexity index is 1270. The van der Waals surface area contributed by atoms with Gasteiger partial charge in [-0.1, -0.05) is 79.2 Å². The van der Waals surface area contributed by atoms with Gasteiger partial charge in [-0.25, -0.2) is 10.9 Å². The Hall–Kier alpha value is -3.04. The van der Waals surface area contributed by atoms with Gasteiger partial charge < -0.3 is 4.74 Å². The standard InChI is InChI=1S/C29H26O2S/c30-29(28-24-14-6-2-10-20(24)21-11-3-7-15-25(21)28)31-26-16-17-27(32-18-8-1-9-19-32)23-13-5-4-12-22(23)26/h2-7,10-17,28,32H,1,8-9,18-19H2. The van der Waals surface area contributed by atoms with Crippen LogP contribution in [0, 0.1) is 0 Å². The molecular formula is C29H26O2S. The van der Waals surface area contributed by atoms with E-state index in [1.807, 2.05) is 48.5 Å². The average Bonchev–Trinajstić information content (AvgIpc) is 3.19. The summed E-state index contributed by atoms with van der Waals surface area (Å²) in [4.78, 5) is 15.0. The van der Waals surface area contributed by atoms with Crippen molar-refractivity contribution in [2.24, 2.45) is 0 Å². The van der Waals surface area contributed by atoms with E-state index < -0.39 is 0 Å². The molecule has 3 heteroatoms. The number of thiol groups is 1. The second-order valence-electron chi connectivity index (χ2n) is 8.70. The van der Waals surface area contributed by atoms with Crippen molar-refractivity contribution in [3.63, 3.8) is 0 Å². The second-order valence-corrected chi connectivity index (χ2v) is 11.2. The number of esters is 1. The molecule has 0 saturated carbocycles. The van der Waals surface area contributed by atoms with Crippen LogP contribution in [0.3, 0.4) is 0 Å². The molecule has 0 unspecified atom stereocenters. The number of carbonyl (C=O) groups is 1. The van der Waals surface area contributed by atoms with Crippen molar-refractivity contribution >= 4 is 27.6 Å². The Morgan fingerprint density at radius 2 is 1.28 bits per heavy atom. The topological polar surface area (TPSA) is 26.3 Å². The van der Waals surface area contributed by atoms with Gasteiger partial charge >= 0.3 is 5.97 Å². The van der Waals surface area contributed by atoms with Gasteiger partial charge in [-0.3, -0.25) is 4.79 Å². The first kappa shape index (κ1) is 19.6. The molecule has 0 radical (unpaired) electrons. The predicted octanol–water partition coefficient (Wildman–Crippen LogP) is 7.10. The Morgan fingerprint density at radius 3 is 1.97 bits per heavy atom. The molecule has 0 spiro atoms. The first-order valence-corrected chi connectivity index (χ1v) is 13.2. The van der Waals surface area contributed by atoms with Crippen LogP contribution in [0.15, 0.2) is 89.8 Å². The van der Waals surface area contributed by atoms with Gasteiger partial charge in [0.15, 0.2) is 0 Å². The minimum Gasteiger partial charge on any atom is -0.425 e. The number of fused-ring (bicyclic) bond motifs is 4. The first-order valence-electron chi connectivity index (χ1n) is 11.5. The smallest absolute Gasteiger partial charge is 0.323 e. The molecule has 1 aliphatic heterocycles. The van der Waals surface area contributed by atoms with E-state index in [1.54, 1.807) is 0 Å². The molecule has 0 aromatic heterocycles. The van der Waals surface area contributed by atoms with Crippen molar-refractivity contribution in [3.8, 4) is 16.9 Å². The van der Waals surface area contributed by atoms with Gasteiger partial charge in [0, 0.05) is 5.39 Å². The van der Waals surface area contributed by atoms with E-state index in [-0.39, 0.29) is 22.8 Å². The van der Waals surface area contributed by atoms with Gasteiger partial charge in [0.05, 0.1) is 0 Å². The molecule has 2 aliphatic rings. The fourth-order valence-corrected chi connectivity index (χ4v) is 8.07. The van der Waals surface area contributed by atoms with E-state index in [9.17, 15) is 4.79 Å². The van der Waals surface area contributed by atoms with E-state index in [1.165, 1.54) is 41.0 Å². The third-order valence-corrected chi connectivity index (χ3v) is 9.62. The summed E-state index contributed by atoms with van der Waals surface area (Å²) in [6.45, 7) is 0. The fraction of sp³-hybridized carbons (Fsp3) is 0.207. The lowest BCUT2D eigenvalue weighted by molar-refractivity contribution is -0.134. The largest absolute Gasteiger partial charge is 0.425 e. The highest BCUT2D eigenvalue weighted by molar-refractivity contribution is 8.17. The second kappa shape index (κ2) is 8.14. The van der Waals surface area contributed by atoms with Crippen LogP contribution in [-0.4, -0.2) is 17.5 Å². The maximum Gasteiger partial charge on any atom is 0.323 e. The van der Waals surface area contributed by atoms with Gasteiger partial charge in [-0.2, -0.15) is 0 Å². The Kier molecular flexibility index (Phi) is 4.99. The van der Waals surface area contributed by atoms with E-state index in [2.05, 4.69) is 36.4 Å². The molecule has 1 heterocycles. The lowest BCUT2D eigenvalue weighted by Crippen LogP contribution is -2.18. The van der Waals surface area contributed by atoms with Crippen LogP contribution < -0.4 is 4.74 Å². The molecule has 32 heavy (non-hydrogen) atoms. The molecule has 2 nitrogen and oxygen atoms in total. The molecule has 0 bridgehead atoms. The number of hydrogen-bond donors (Lipinski definition) is 1. The third-order valence-electron chi connectivity index (χ3n) is 6.84. The highest BCUT2D eigenvalue weighted by atomic mass is 32.2. The maximum absolute atomic E-state index is 13.6. The van der Waals surface area contributed by atoms with E-state index in [4.69, 9.17) is 4.74 Å². The lowest BCUT2D eigenvalue weighted by Gasteiger charge is -2.28. The van der Waals surface area contributed by atoms with Gasteiger partial charge in [0.2, 0.25) is 0 Å². The first-order chi connectivity index (χ1) is 15.8. The molecule has 6 rings (SSSR count). The summed E-state index contributed by atoms with van der Waals surface area (Å²) in [5.41, 5.74) is 4.33. The number of carbonyl (C=O) groups excluding carboxylic acids is 1. The van der Waals surface area contributed by atoms with Crippen LogP contribution in [0.25, 0.3) is 21.9 Å². The van der Waals surface area contributed by atoms with Gasteiger partial charge in [-0.05, 0) is 69.0 Å². The monoisotopic (exact) mass is 438 g/mol. The van der Waals surface area contributed by atoms with Crippen LogP contribution in [0.1, 0.15) is 36.3 Å². The van der Waals surface area contributed by atoms with E-state index >= 15 is 0 Å². The van der Waals surface area contributed by atoms with Crippen LogP contribution >= 0.6 is 10.9 Å². The van der Waals surface area contributed by atoms with Crippen LogP contribution in [-0.2, 0) is 4.79 Å². The lowest BCUT2D eigenvalue weighted by atomic mass is 9.97.